The minimum Gasteiger partial charge on any atom is -0.391 e. The standard InChI is InChI=1S/C8H12N2O4/c1-4(5(2)11)10-7(13)6(12)9(3)8(10)14/h4-5,11H,1-3H3. The zero-order chi connectivity index (χ0) is 11.0. The molecule has 4 amide bonds. The molecule has 1 N–H and O–H groups in total. The SMILES string of the molecule is CC(O)C(C)N1C(=O)C(=O)N(C)C1=O. The largest absolute Gasteiger partial charge is 0.391 e. The summed E-state index contributed by atoms with van der Waals surface area (Å²) in [7, 11) is 1.23. The van der Waals surface area contributed by atoms with Gasteiger partial charge in [-0.1, -0.05) is 0 Å². The van der Waals surface area contributed by atoms with E-state index in [9.17, 15) is 19.5 Å². The number of likely N-dealkylation sites (N-methyl/N-ethyl adjacent to an activating group) is 1. The second kappa shape index (κ2) is 3.38. The predicted octanol–water partition coefficient (Wildman–Crippen LogP) is -0.824. The van der Waals surface area contributed by atoms with Crippen LogP contribution in [0.15, 0.2) is 0 Å². The molecule has 1 saturated heterocycles. The highest BCUT2D eigenvalue weighted by Gasteiger charge is 2.45. The van der Waals surface area contributed by atoms with Gasteiger partial charge >= 0.3 is 17.8 Å². The minimum atomic E-state index is -0.883. The molecule has 6 heteroatoms. The highest BCUT2D eigenvalue weighted by Crippen LogP contribution is 2.15. The summed E-state index contributed by atoms with van der Waals surface area (Å²) in [5.74, 6) is -1.74. The summed E-state index contributed by atoms with van der Waals surface area (Å²) in [6.45, 7) is 2.96. The Balaban J connectivity index is 2.96. The summed E-state index contributed by atoms with van der Waals surface area (Å²) < 4.78 is 0. The number of rotatable bonds is 2. The molecule has 0 aromatic heterocycles. The van der Waals surface area contributed by atoms with Crippen molar-refractivity contribution in [2.75, 3.05) is 7.05 Å². The van der Waals surface area contributed by atoms with E-state index in [0.29, 0.717) is 0 Å². The Morgan fingerprint density at radius 3 is 1.93 bits per heavy atom. The van der Waals surface area contributed by atoms with Crippen molar-refractivity contribution in [2.24, 2.45) is 0 Å². The molecule has 0 saturated carbocycles. The van der Waals surface area contributed by atoms with Crippen molar-refractivity contribution in [1.82, 2.24) is 9.80 Å². The smallest absolute Gasteiger partial charge is 0.334 e. The average molecular weight is 200 g/mol. The van der Waals surface area contributed by atoms with Crippen LogP contribution >= 0.6 is 0 Å². The maximum Gasteiger partial charge on any atom is 0.334 e. The summed E-state index contributed by atoms with van der Waals surface area (Å²) in [5.41, 5.74) is 0. The molecule has 0 aliphatic carbocycles. The number of aliphatic hydroxyl groups is 1. The van der Waals surface area contributed by atoms with E-state index >= 15 is 0 Å². The van der Waals surface area contributed by atoms with Gasteiger partial charge < -0.3 is 5.11 Å². The van der Waals surface area contributed by atoms with Crippen molar-refractivity contribution >= 4 is 17.8 Å². The molecule has 1 rings (SSSR count). The van der Waals surface area contributed by atoms with Gasteiger partial charge in [-0.25, -0.2) is 4.79 Å². The van der Waals surface area contributed by atoms with Crippen LogP contribution in [0.4, 0.5) is 4.79 Å². The number of carbonyl (C=O) groups excluding carboxylic acids is 3. The molecule has 1 heterocycles. The van der Waals surface area contributed by atoms with Crippen LogP contribution in [0.3, 0.4) is 0 Å². The normalized spacial score (nSPS) is 21.9. The van der Waals surface area contributed by atoms with Crippen LogP contribution in [0.25, 0.3) is 0 Å². The molecule has 1 aliphatic heterocycles. The molecule has 2 unspecified atom stereocenters. The van der Waals surface area contributed by atoms with E-state index in [1.807, 2.05) is 0 Å². The topological polar surface area (TPSA) is 77.9 Å². The highest BCUT2D eigenvalue weighted by atomic mass is 16.3. The number of hydrogen-bond acceptors (Lipinski definition) is 4. The van der Waals surface area contributed by atoms with Gasteiger partial charge in [0.25, 0.3) is 0 Å². The maximum absolute atomic E-state index is 11.4. The van der Waals surface area contributed by atoms with Gasteiger partial charge in [0.15, 0.2) is 0 Å². The molecule has 0 bridgehead atoms. The van der Waals surface area contributed by atoms with E-state index in [-0.39, 0.29) is 0 Å². The van der Waals surface area contributed by atoms with Crippen molar-refractivity contribution in [3.05, 3.63) is 0 Å². The van der Waals surface area contributed by atoms with Crippen LogP contribution in [0, 0.1) is 0 Å². The van der Waals surface area contributed by atoms with E-state index in [0.717, 1.165) is 9.80 Å². The van der Waals surface area contributed by atoms with E-state index < -0.39 is 30.0 Å². The fraction of sp³-hybridized carbons (Fsp3) is 0.625. The summed E-state index contributed by atoms with van der Waals surface area (Å²) in [5, 5.41) is 9.21. The van der Waals surface area contributed by atoms with Gasteiger partial charge in [0.2, 0.25) is 0 Å². The zero-order valence-corrected chi connectivity index (χ0v) is 8.22. The van der Waals surface area contributed by atoms with Crippen LogP contribution in [0.1, 0.15) is 13.8 Å². The van der Waals surface area contributed by atoms with Crippen LogP contribution in [0.2, 0.25) is 0 Å². The molecule has 0 radical (unpaired) electrons. The summed E-state index contributed by atoms with van der Waals surface area (Å²) >= 11 is 0. The van der Waals surface area contributed by atoms with E-state index in [4.69, 9.17) is 0 Å². The number of urea groups is 1. The number of nitrogens with zero attached hydrogens (tertiary/aromatic N) is 2. The van der Waals surface area contributed by atoms with Gasteiger partial charge in [-0.3, -0.25) is 19.4 Å². The molecule has 0 aromatic rings. The summed E-state index contributed by atoms with van der Waals surface area (Å²) in [4.78, 5) is 35.2. The van der Waals surface area contributed by atoms with Crippen LogP contribution in [-0.4, -0.2) is 51.9 Å². The lowest BCUT2D eigenvalue weighted by Gasteiger charge is -2.23. The number of aliphatic hydroxyl groups excluding tert-OH is 1. The first-order valence-electron chi connectivity index (χ1n) is 4.21. The number of carbonyl (C=O) groups is 3. The first-order valence-corrected chi connectivity index (χ1v) is 4.21. The van der Waals surface area contributed by atoms with Gasteiger partial charge in [0.1, 0.15) is 0 Å². The molecule has 6 nitrogen and oxygen atoms in total. The second-order valence-electron chi connectivity index (χ2n) is 3.30. The van der Waals surface area contributed by atoms with Crippen molar-refractivity contribution < 1.29 is 19.5 Å². The molecule has 2 atom stereocenters. The monoisotopic (exact) mass is 200 g/mol. The third kappa shape index (κ3) is 1.37. The Hall–Kier alpha value is -1.43. The average Bonchev–Trinajstić information content (AvgIpc) is 2.30. The first-order chi connectivity index (χ1) is 6.37. The van der Waals surface area contributed by atoms with Crippen LogP contribution in [-0.2, 0) is 9.59 Å². The zero-order valence-electron chi connectivity index (χ0n) is 8.22. The third-order valence-electron chi connectivity index (χ3n) is 2.30. The first kappa shape index (κ1) is 10.6. The van der Waals surface area contributed by atoms with Gasteiger partial charge in [-0.2, -0.15) is 0 Å². The minimum absolute atomic E-state index is 0.687. The van der Waals surface area contributed by atoms with Crippen LogP contribution in [0.5, 0.6) is 0 Å². The quantitative estimate of drug-likeness (QED) is 0.466. The molecule has 1 fully saturated rings. The van der Waals surface area contributed by atoms with Gasteiger partial charge in [-0.15, -0.1) is 0 Å². The van der Waals surface area contributed by atoms with Gasteiger partial charge in [-0.05, 0) is 13.8 Å². The Kier molecular flexibility index (Phi) is 2.57. The van der Waals surface area contributed by atoms with Gasteiger partial charge in [0, 0.05) is 7.05 Å². The van der Waals surface area contributed by atoms with Crippen molar-refractivity contribution in [1.29, 1.82) is 0 Å². The second-order valence-corrected chi connectivity index (χ2v) is 3.30. The van der Waals surface area contributed by atoms with E-state index in [2.05, 4.69) is 0 Å². The fourth-order valence-electron chi connectivity index (χ4n) is 1.16. The lowest BCUT2D eigenvalue weighted by molar-refractivity contribution is -0.144. The number of amides is 4. The lowest BCUT2D eigenvalue weighted by atomic mass is 10.2. The summed E-state index contributed by atoms with van der Waals surface area (Å²) in [6, 6.07) is -1.38. The molecule has 0 spiro atoms. The molecule has 0 aromatic carbocycles. The van der Waals surface area contributed by atoms with Gasteiger partial charge in [0.05, 0.1) is 12.1 Å². The summed E-state index contributed by atoms with van der Waals surface area (Å²) in [6.07, 6.45) is -0.859. The van der Waals surface area contributed by atoms with Crippen molar-refractivity contribution in [2.45, 2.75) is 26.0 Å². The molecular weight excluding hydrogens is 188 g/mol. The Morgan fingerprint density at radius 2 is 1.64 bits per heavy atom. The Bertz CT molecular complexity index is 300. The highest BCUT2D eigenvalue weighted by molar-refractivity contribution is 6.44. The Labute approximate surface area is 81.1 Å². The lowest BCUT2D eigenvalue weighted by Crippen LogP contribution is -2.44. The molecular formula is C8H12N2O4. The maximum atomic E-state index is 11.4. The van der Waals surface area contributed by atoms with Crippen molar-refractivity contribution in [3.63, 3.8) is 0 Å². The molecule has 14 heavy (non-hydrogen) atoms. The molecule has 1 aliphatic rings. The van der Waals surface area contributed by atoms with E-state index in [1.165, 1.54) is 20.9 Å². The van der Waals surface area contributed by atoms with Crippen molar-refractivity contribution in [3.8, 4) is 0 Å². The van der Waals surface area contributed by atoms with Crippen LogP contribution < -0.4 is 0 Å². The number of imide groups is 2. The third-order valence-corrected chi connectivity index (χ3v) is 2.30. The molecule has 78 valence electrons. The Morgan fingerprint density at radius 1 is 1.14 bits per heavy atom. The fourth-order valence-corrected chi connectivity index (χ4v) is 1.16. The predicted molar refractivity (Wildman–Crippen MR) is 46.2 cm³/mol. The van der Waals surface area contributed by atoms with E-state index in [1.54, 1.807) is 0 Å². The number of hydrogen-bond donors (Lipinski definition) is 1.